The van der Waals surface area contributed by atoms with Crippen molar-refractivity contribution in [3.63, 3.8) is 0 Å². The number of nitrogens with one attached hydrogen (secondary N) is 1. The van der Waals surface area contributed by atoms with Gasteiger partial charge in [0.05, 0.1) is 25.4 Å². The molecule has 1 saturated heterocycles. The molecule has 0 aromatic rings. The van der Waals surface area contributed by atoms with E-state index in [9.17, 15) is 35.4 Å². The van der Waals surface area contributed by atoms with Gasteiger partial charge in [-0.3, -0.25) is 4.79 Å². The number of aliphatic hydroxyl groups excluding tert-OH is 6. The highest BCUT2D eigenvalue weighted by atomic mass is 16.7. The molecular formula is C42H79NO9. The summed E-state index contributed by atoms with van der Waals surface area (Å²) in [7, 11) is 0. The van der Waals surface area contributed by atoms with Crippen LogP contribution in [-0.2, 0) is 14.3 Å². The van der Waals surface area contributed by atoms with Crippen LogP contribution < -0.4 is 5.32 Å². The highest BCUT2D eigenvalue weighted by Gasteiger charge is 2.44. The predicted octanol–water partition coefficient (Wildman–Crippen LogP) is 6.91. The fourth-order valence-corrected chi connectivity index (χ4v) is 6.57. The molecule has 8 atom stereocenters. The second-order valence-corrected chi connectivity index (χ2v) is 14.9. The maximum Gasteiger partial charge on any atom is 0.249 e. The number of hydrogen-bond donors (Lipinski definition) is 7. The smallest absolute Gasteiger partial charge is 0.249 e. The molecule has 0 spiro atoms. The van der Waals surface area contributed by atoms with Gasteiger partial charge in [0.25, 0.3) is 0 Å². The summed E-state index contributed by atoms with van der Waals surface area (Å²) in [6.45, 7) is 3.56. The van der Waals surface area contributed by atoms with E-state index in [4.69, 9.17) is 9.47 Å². The lowest BCUT2D eigenvalue weighted by molar-refractivity contribution is -0.302. The van der Waals surface area contributed by atoms with Crippen molar-refractivity contribution in [2.75, 3.05) is 13.2 Å². The van der Waals surface area contributed by atoms with Crippen LogP contribution in [0.4, 0.5) is 0 Å². The van der Waals surface area contributed by atoms with Crippen LogP contribution in [0, 0.1) is 0 Å². The molecule has 1 amide bonds. The molecule has 0 saturated carbocycles. The third-order valence-electron chi connectivity index (χ3n) is 10.1. The van der Waals surface area contributed by atoms with Crippen LogP contribution >= 0.6 is 0 Å². The third kappa shape index (κ3) is 23.4. The first kappa shape index (κ1) is 48.6. The Morgan fingerprint density at radius 2 is 1.12 bits per heavy atom. The van der Waals surface area contributed by atoms with Gasteiger partial charge in [0, 0.05) is 0 Å². The van der Waals surface area contributed by atoms with Crippen molar-refractivity contribution in [3.05, 3.63) is 24.3 Å². The lowest BCUT2D eigenvalue weighted by Gasteiger charge is -2.40. The minimum absolute atomic E-state index is 0.307. The Kier molecular flexibility index (Phi) is 30.9. The van der Waals surface area contributed by atoms with E-state index >= 15 is 0 Å². The average Bonchev–Trinajstić information content (AvgIpc) is 3.14. The fraction of sp³-hybridized carbons (Fsp3) is 0.881. The molecule has 10 nitrogen and oxygen atoms in total. The molecule has 1 aliphatic rings. The summed E-state index contributed by atoms with van der Waals surface area (Å²) in [6, 6.07) is -0.979. The lowest BCUT2D eigenvalue weighted by atomic mass is 9.99. The number of ether oxygens (including phenoxy) is 2. The van der Waals surface area contributed by atoms with Gasteiger partial charge in [-0.05, 0) is 44.9 Å². The van der Waals surface area contributed by atoms with Crippen molar-refractivity contribution >= 4 is 5.91 Å². The molecule has 0 radical (unpaired) electrons. The summed E-state index contributed by atoms with van der Waals surface area (Å²) in [4.78, 5) is 12.9. The average molecular weight is 742 g/mol. The van der Waals surface area contributed by atoms with Crippen LogP contribution in [0.2, 0.25) is 0 Å². The number of carbonyl (C=O) groups excluding carboxylic acids is 1. The first-order valence-electron chi connectivity index (χ1n) is 21.2. The van der Waals surface area contributed by atoms with E-state index in [2.05, 4.69) is 31.3 Å². The molecule has 10 heteroatoms. The standard InChI is InChI=1S/C42H79NO9/c1-3-5-7-9-11-13-15-16-17-18-19-20-21-23-24-26-28-30-35(45)34(33-51-42-40(49)39(48)38(47)37(32-44)52-42)43-41(50)36(46)31-29-27-25-22-14-12-10-8-6-4-2/h16-17,28,30,34-40,42,44-49H,3-15,18-27,29,31-33H2,1-2H3,(H,43,50)/t34-,35-,36+,37+,38+,39-,40+,42+/m0/s1. The monoisotopic (exact) mass is 742 g/mol. The Morgan fingerprint density at radius 1 is 0.654 bits per heavy atom. The van der Waals surface area contributed by atoms with Crippen molar-refractivity contribution in [1.82, 2.24) is 5.32 Å². The van der Waals surface area contributed by atoms with E-state index in [-0.39, 0.29) is 6.61 Å². The molecule has 1 fully saturated rings. The zero-order valence-corrected chi connectivity index (χ0v) is 32.9. The van der Waals surface area contributed by atoms with Gasteiger partial charge in [-0.25, -0.2) is 0 Å². The maximum atomic E-state index is 12.9. The topological polar surface area (TPSA) is 169 Å². The first-order valence-corrected chi connectivity index (χ1v) is 21.2. The Labute approximate surface area is 316 Å². The van der Waals surface area contributed by atoms with Gasteiger partial charge >= 0.3 is 0 Å². The predicted molar refractivity (Wildman–Crippen MR) is 209 cm³/mol. The molecule has 0 bridgehead atoms. The van der Waals surface area contributed by atoms with Crippen LogP contribution in [-0.4, -0.2) is 98.7 Å². The summed E-state index contributed by atoms with van der Waals surface area (Å²) in [5.74, 6) is -0.622. The van der Waals surface area contributed by atoms with Crippen LogP contribution in [0.1, 0.15) is 174 Å². The molecule has 7 N–H and O–H groups in total. The van der Waals surface area contributed by atoms with Gasteiger partial charge in [-0.1, -0.05) is 154 Å². The molecule has 0 unspecified atom stereocenters. The summed E-state index contributed by atoms with van der Waals surface area (Å²) in [5.41, 5.74) is 0. The normalized spacial score (nSPS) is 22.7. The number of amides is 1. The lowest BCUT2D eigenvalue weighted by Crippen LogP contribution is -2.60. The van der Waals surface area contributed by atoms with Crippen LogP contribution in [0.15, 0.2) is 24.3 Å². The quantitative estimate of drug-likeness (QED) is 0.0274. The zero-order chi connectivity index (χ0) is 38.2. The molecule has 0 aliphatic carbocycles. The molecular weight excluding hydrogens is 662 g/mol. The van der Waals surface area contributed by atoms with Crippen molar-refractivity contribution < 1.29 is 44.9 Å². The van der Waals surface area contributed by atoms with Crippen LogP contribution in [0.5, 0.6) is 0 Å². The van der Waals surface area contributed by atoms with Crippen LogP contribution in [0.3, 0.4) is 0 Å². The van der Waals surface area contributed by atoms with Gasteiger partial charge in [-0.15, -0.1) is 0 Å². The minimum Gasteiger partial charge on any atom is -0.394 e. The molecule has 0 aromatic heterocycles. The van der Waals surface area contributed by atoms with Crippen molar-refractivity contribution in [2.45, 2.75) is 223 Å². The summed E-state index contributed by atoms with van der Waals surface area (Å²) in [6.07, 6.45) is 26.9. The fourth-order valence-electron chi connectivity index (χ4n) is 6.57. The Bertz CT molecular complexity index is 886. The Morgan fingerprint density at radius 3 is 1.62 bits per heavy atom. The number of allylic oxidation sites excluding steroid dienone is 3. The first-order chi connectivity index (χ1) is 25.3. The highest BCUT2D eigenvalue weighted by Crippen LogP contribution is 2.22. The number of aliphatic hydroxyl groups is 6. The molecule has 1 rings (SSSR count). The number of hydrogen-bond acceptors (Lipinski definition) is 9. The molecule has 0 aromatic carbocycles. The van der Waals surface area contributed by atoms with Crippen molar-refractivity contribution in [3.8, 4) is 0 Å². The molecule has 52 heavy (non-hydrogen) atoms. The second kappa shape index (κ2) is 33.0. The van der Waals surface area contributed by atoms with E-state index in [1.54, 1.807) is 6.08 Å². The number of rotatable bonds is 34. The van der Waals surface area contributed by atoms with E-state index in [0.29, 0.717) is 6.42 Å². The summed E-state index contributed by atoms with van der Waals surface area (Å²) in [5, 5.41) is 64.4. The summed E-state index contributed by atoms with van der Waals surface area (Å²) >= 11 is 0. The largest absolute Gasteiger partial charge is 0.394 e. The van der Waals surface area contributed by atoms with Gasteiger partial charge in [0.1, 0.15) is 30.5 Å². The van der Waals surface area contributed by atoms with Crippen LogP contribution in [0.25, 0.3) is 0 Å². The second-order valence-electron chi connectivity index (χ2n) is 14.9. The van der Waals surface area contributed by atoms with E-state index in [1.165, 1.54) is 96.3 Å². The molecule has 306 valence electrons. The highest BCUT2D eigenvalue weighted by molar-refractivity contribution is 5.80. The minimum atomic E-state index is -1.61. The SMILES string of the molecule is CCCCCCCCC=CCCCCCCCC=C[C@H](O)[C@H](CO[C@@H]1O[C@H](CO)[C@@H](O)[C@H](O)[C@H]1O)NC(=O)[C@H](O)CCCCCCCCCCCC. The van der Waals surface area contributed by atoms with Gasteiger partial charge in [0.15, 0.2) is 6.29 Å². The Hall–Kier alpha value is -1.37. The Balaban J connectivity index is 2.48. The summed E-state index contributed by atoms with van der Waals surface area (Å²) < 4.78 is 11.1. The number of unbranched alkanes of at least 4 members (excludes halogenated alkanes) is 21. The van der Waals surface area contributed by atoms with Gasteiger partial charge in [0.2, 0.25) is 5.91 Å². The molecule has 1 heterocycles. The van der Waals surface area contributed by atoms with Crippen molar-refractivity contribution in [1.29, 1.82) is 0 Å². The number of carbonyl (C=O) groups is 1. The van der Waals surface area contributed by atoms with Gasteiger partial charge in [-0.2, -0.15) is 0 Å². The zero-order valence-electron chi connectivity index (χ0n) is 32.9. The van der Waals surface area contributed by atoms with E-state index < -0.39 is 61.5 Å². The van der Waals surface area contributed by atoms with Crippen molar-refractivity contribution in [2.24, 2.45) is 0 Å². The van der Waals surface area contributed by atoms with E-state index in [0.717, 1.165) is 57.8 Å². The van der Waals surface area contributed by atoms with Gasteiger partial charge < -0.3 is 45.4 Å². The van der Waals surface area contributed by atoms with E-state index in [1.807, 2.05) is 6.08 Å². The maximum absolute atomic E-state index is 12.9. The molecule has 1 aliphatic heterocycles. The third-order valence-corrected chi connectivity index (χ3v) is 10.1.